The Morgan fingerprint density at radius 3 is 2.54 bits per heavy atom. The summed E-state index contributed by atoms with van der Waals surface area (Å²) in [6.07, 6.45) is 9.23. The average Bonchev–Trinajstić information content (AvgIpc) is 3.35. The zero-order chi connectivity index (χ0) is 35.8. The first-order chi connectivity index (χ1) is 23.6. The van der Waals surface area contributed by atoms with E-state index in [1.165, 1.54) is 23.0 Å². The van der Waals surface area contributed by atoms with Crippen LogP contribution in [0.25, 0.3) is 17.0 Å². The van der Waals surface area contributed by atoms with Gasteiger partial charge < -0.3 is 29.9 Å². The summed E-state index contributed by atoms with van der Waals surface area (Å²) in [5.74, 6) is -1.46. The standard InChI is InChI=1S/C34H45F4N9O2S.H2/c1-45-14-22(15-45)16-49-28-10-23(12-41-31(28)47-19-33(20-47)17-34(37,38)18-33)30-43-32(46(2)44-30)42-24-6-7-25(27(35)11-24)26(29(36)39)13-40-21-48-8-9-50(3,4)5;/h6-7,10-13,22,39-40H,8-9,14-21H2,1-5H3,(H,42,43,44);1H/b26-13-,39-29?;. The van der Waals surface area contributed by atoms with Gasteiger partial charge in [-0.2, -0.15) is 9.37 Å². The van der Waals surface area contributed by atoms with Crippen LogP contribution >= 0.6 is 10.0 Å². The molecule has 1 saturated carbocycles. The third kappa shape index (κ3) is 8.35. The highest BCUT2D eigenvalue weighted by Gasteiger charge is 2.62. The quantitative estimate of drug-likeness (QED) is 0.0784. The molecule has 3 N–H and O–H groups in total. The van der Waals surface area contributed by atoms with Crippen LogP contribution in [-0.4, -0.2) is 114 Å². The molecule has 1 aliphatic carbocycles. The molecule has 0 atom stereocenters. The maximum absolute atomic E-state index is 15.3. The van der Waals surface area contributed by atoms with Crippen LogP contribution in [0.15, 0.2) is 36.7 Å². The summed E-state index contributed by atoms with van der Waals surface area (Å²) < 4.78 is 70.0. The van der Waals surface area contributed by atoms with Crippen molar-refractivity contribution in [1.82, 2.24) is 30.0 Å². The van der Waals surface area contributed by atoms with Crippen LogP contribution in [0.4, 0.5) is 35.0 Å². The van der Waals surface area contributed by atoms with Gasteiger partial charge in [0.25, 0.3) is 0 Å². The van der Waals surface area contributed by atoms with Gasteiger partial charge in [-0.1, -0.05) is 0 Å². The van der Waals surface area contributed by atoms with Crippen molar-refractivity contribution in [2.75, 3.05) is 87.9 Å². The molecule has 0 radical (unpaired) electrons. The highest BCUT2D eigenvalue weighted by molar-refractivity contribution is 8.32. The predicted molar refractivity (Wildman–Crippen MR) is 192 cm³/mol. The van der Waals surface area contributed by atoms with Gasteiger partial charge in [0.05, 0.1) is 18.8 Å². The van der Waals surface area contributed by atoms with Crippen LogP contribution in [0.5, 0.6) is 5.75 Å². The number of alkyl halides is 2. The van der Waals surface area contributed by atoms with E-state index in [9.17, 15) is 13.2 Å². The van der Waals surface area contributed by atoms with Gasteiger partial charge >= 0.3 is 0 Å². The Bertz CT molecular complexity index is 1750. The number of aromatic nitrogens is 4. The van der Waals surface area contributed by atoms with Crippen LogP contribution < -0.4 is 20.3 Å². The Hall–Kier alpha value is -3.89. The lowest BCUT2D eigenvalue weighted by Crippen LogP contribution is -2.66. The zero-order valence-corrected chi connectivity index (χ0v) is 29.8. The lowest BCUT2D eigenvalue weighted by Gasteiger charge is -2.59. The van der Waals surface area contributed by atoms with Gasteiger partial charge in [-0.05, 0) is 50.1 Å². The first kappa shape index (κ1) is 35.9. The van der Waals surface area contributed by atoms with Gasteiger partial charge in [-0.3, -0.25) is 5.41 Å². The molecule has 0 amide bonds. The topological polar surface area (TPSA) is 116 Å². The molecule has 3 aliphatic rings. The second kappa shape index (κ2) is 14.0. The van der Waals surface area contributed by atoms with Crippen LogP contribution in [0.1, 0.15) is 19.8 Å². The molecule has 2 saturated heterocycles. The number of pyridine rings is 1. The second-order valence-corrected chi connectivity index (χ2v) is 19.2. The molecule has 3 aromatic rings. The molecule has 1 aromatic carbocycles. The third-order valence-corrected chi connectivity index (χ3v) is 10.5. The van der Waals surface area contributed by atoms with Crippen LogP contribution in [-0.2, 0) is 11.8 Å². The Labute approximate surface area is 292 Å². The highest BCUT2D eigenvalue weighted by Crippen LogP contribution is 2.58. The largest absolute Gasteiger partial charge is 0.489 e. The number of halogens is 4. The van der Waals surface area contributed by atoms with E-state index in [1.807, 2.05) is 11.0 Å². The van der Waals surface area contributed by atoms with Crippen molar-refractivity contribution >= 4 is 39.0 Å². The first-order valence-electron chi connectivity index (χ1n) is 16.4. The Balaban J connectivity index is 0.00000504. The summed E-state index contributed by atoms with van der Waals surface area (Å²) >= 11 is 0. The van der Waals surface area contributed by atoms with Gasteiger partial charge in [0.2, 0.25) is 17.8 Å². The molecule has 16 heteroatoms. The lowest BCUT2D eigenvalue weighted by molar-refractivity contribution is -0.170. The van der Waals surface area contributed by atoms with Gasteiger partial charge in [-0.15, -0.1) is 5.10 Å². The van der Waals surface area contributed by atoms with E-state index in [0.29, 0.717) is 66.8 Å². The summed E-state index contributed by atoms with van der Waals surface area (Å²) in [7, 11) is 3.03. The smallest absolute Gasteiger partial charge is 0.249 e. The number of hydrogen-bond acceptors (Lipinski definition) is 10. The van der Waals surface area contributed by atoms with E-state index in [-0.39, 0.29) is 37.6 Å². The van der Waals surface area contributed by atoms with E-state index >= 15 is 4.39 Å². The van der Waals surface area contributed by atoms with Gasteiger partial charge in [0, 0.05) is 93.8 Å². The minimum Gasteiger partial charge on any atom is -0.489 e. The molecule has 11 nitrogen and oxygen atoms in total. The molecule has 1 spiro atoms. The number of likely N-dealkylation sites (tertiary alicyclic amines) is 1. The number of ether oxygens (including phenoxy) is 2. The van der Waals surface area contributed by atoms with Crippen molar-refractivity contribution in [2.24, 2.45) is 18.4 Å². The molecule has 2 aliphatic heterocycles. The number of rotatable bonds is 15. The van der Waals surface area contributed by atoms with E-state index in [2.05, 4.69) is 56.4 Å². The van der Waals surface area contributed by atoms with Crippen LogP contribution in [0, 0.1) is 22.6 Å². The number of nitrogens with one attached hydrogen (secondary N) is 3. The number of anilines is 3. The SMILES string of the molecule is CN1CC(COc2cc(-c3nc(Nc4ccc(/C(=C/NCOCCS(C)(C)C)C(=N)F)c(F)c4)n(C)n3)cnc2N2CC3(C2)CC(F)(F)C3)C1.[HH]. The number of aryl methyl sites for hydroxylation is 1. The molecule has 3 fully saturated rings. The maximum Gasteiger partial charge on any atom is 0.249 e. The summed E-state index contributed by atoms with van der Waals surface area (Å²) in [6.45, 7) is 4.03. The molecule has 274 valence electrons. The van der Waals surface area contributed by atoms with Gasteiger partial charge in [0.15, 0.2) is 17.4 Å². The number of allylic oxidation sites excluding steroid dienone is 1. The lowest BCUT2D eigenvalue weighted by atomic mass is 9.61. The molecular weight excluding hydrogens is 674 g/mol. The number of hydrogen-bond donors (Lipinski definition) is 3. The molecule has 4 heterocycles. The van der Waals surface area contributed by atoms with Gasteiger partial charge in [0.1, 0.15) is 12.5 Å². The Kier molecular flexibility index (Phi) is 10.1. The first-order valence-corrected chi connectivity index (χ1v) is 19.5. The maximum atomic E-state index is 15.3. The van der Waals surface area contributed by atoms with E-state index in [1.54, 1.807) is 19.3 Å². The summed E-state index contributed by atoms with van der Waals surface area (Å²) in [5, 5.41) is 17.9. The van der Waals surface area contributed by atoms with Crippen LogP contribution in [0.3, 0.4) is 0 Å². The molecule has 0 bridgehead atoms. The van der Waals surface area contributed by atoms with Crippen molar-refractivity contribution in [1.29, 1.82) is 5.41 Å². The van der Waals surface area contributed by atoms with Crippen molar-refractivity contribution in [3.05, 3.63) is 48.0 Å². The molecule has 0 unspecified atom stereocenters. The highest BCUT2D eigenvalue weighted by atomic mass is 32.3. The van der Waals surface area contributed by atoms with Gasteiger partial charge in [-0.25, -0.2) is 32.9 Å². The molecule has 2 aromatic heterocycles. The summed E-state index contributed by atoms with van der Waals surface area (Å²) in [5.41, 5.74) is 0.257. The van der Waals surface area contributed by atoms with E-state index < -0.39 is 27.7 Å². The van der Waals surface area contributed by atoms with Crippen molar-refractivity contribution in [3.8, 4) is 17.1 Å². The predicted octanol–water partition coefficient (Wildman–Crippen LogP) is 5.73. The van der Waals surface area contributed by atoms with Crippen molar-refractivity contribution in [3.63, 3.8) is 0 Å². The average molecular weight is 722 g/mol. The fourth-order valence-electron chi connectivity index (χ4n) is 6.63. The fourth-order valence-corrected chi connectivity index (χ4v) is 7.24. The minimum atomic E-state index is -2.58. The zero-order valence-electron chi connectivity index (χ0n) is 29.0. The van der Waals surface area contributed by atoms with Crippen molar-refractivity contribution < 1.29 is 28.5 Å². The second-order valence-electron chi connectivity index (χ2n) is 14.6. The third-order valence-electron chi connectivity index (χ3n) is 9.11. The Morgan fingerprint density at radius 1 is 1.16 bits per heavy atom. The summed E-state index contributed by atoms with van der Waals surface area (Å²) in [6, 6.07) is 5.96. The van der Waals surface area contributed by atoms with Crippen LogP contribution in [0.2, 0.25) is 0 Å². The van der Waals surface area contributed by atoms with Crippen molar-refractivity contribution in [2.45, 2.75) is 18.8 Å². The van der Waals surface area contributed by atoms with E-state index in [4.69, 9.17) is 14.9 Å². The molecule has 50 heavy (non-hydrogen) atoms. The fraction of sp³-hybridized carbons (Fsp3) is 0.529. The number of benzene rings is 1. The normalized spacial score (nSPS) is 19.1. The number of nitrogens with zero attached hydrogens (tertiary/aromatic N) is 6. The molecule has 6 rings (SSSR count). The minimum absolute atomic E-state index is 0. The molecular formula is C34H47F4N9O2S. The monoisotopic (exact) mass is 721 g/mol. The van der Waals surface area contributed by atoms with E-state index in [0.717, 1.165) is 18.8 Å². The Morgan fingerprint density at radius 2 is 1.90 bits per heavy atom. The summed E-state index contributed by atoms with van der Waals surface area (Å²) in [4.78, 5) is 13.5.